The van der Waals surface area contributed by atoms with Crippen LogP contribution in [-0.2, 0) is 4.74 Å². The number of fused-ring (bicyclic) bond motifs is 1. The molecule has 0 unspecified atom stereocenters. The van der Waals surface area contributed by atoms with Crippen molar-refractivity contribution in [1.29, 1.82) is 0 Å². The fraction of sp³-hybridized carbons (Fsp3) is 0.231. The Morgan fingerprint density at radius 3 is 2.63 bits per heavy atom. The van der Waals surface area contributed by atoms with Crippen LogP contribution in [0.2, 0.25) is 0 Å². The Kier molecular flexibility index (Phi) is 2.81. The first kappa shape index (κ1) is 11.9. The molecule has 6 heteroatoms. The number of aromatic nitrogens is 2. The SMILES string of the molecule is O=c1ccn([C@H]2O[C@H](CO)c3ccccc32)c(=O)[nH]1. The second kappa shape index (κ2) is 4.49. The molecule has 6 nitrogen and oxygen atoms in total. The van der Waals surface area contributed by atoms with E-state index < -0.39 is 23.6 Å². The van der Waals surface area contributed by atoms with Gasteiger partial charge in [-0.1, -0.05) is 24.3 Å². The third kappa shape index (κ3) is 1.91. The van der Waals surface area contributed by atoms with Gasteiger partial charge in [0.05, 0.1) is 6.61 Å². The van der Waals surface area contributed by atoms with Gasteiger partial charge in [0.2, 0.25) is 0 Å². The van der Waals surface area contributed by atoms with Crippen LogP contribution in [0.3, 0.4) is 0 Å². The Morgan fingerprint density at radius 1 is 1.21 bits per heavy atom. The summed E-state index contributed by atoms with van der Waals surface area (Å²) in [5, 5.41) is 9.32. The summed E-state index contributed by atoms with van der Waals surface area (Å²) in [6, 6.07) is 8.65. The number of hydrogen-bond acceptors (Lipinski definition) is 4. The molecule has 2 N–H and O–H groups in total. The van der Waals surface area contributed by atoms with Crippen LogP contribution >= 0.6 is 0 Å². The molecule has 1 aromatic carbocycles. The predicted octanol–water partition coefficient (Wildman–Crippen LogP) is 0.147. The Bertz CT molecular complexity index is 719. The molecule has 1 aromatic heterocycles. The van der Waals surface area contributed by atoms with Crippen LogP contribution in [-0.4, -0.2) is 21.3 Å². The van der Waals surface area contributed by atoms with Crippen molar-refractivity contribution in [3.63, 3.8) is 0 Å². The molecule has 1 aliphatic rings. The Hall–Kier alpha value is -2.18. The Morgan fingerprint density at radius 2 is 1.95 bits per heavy atom. The first-order chi connectivity index (χ1) is 9.20. The van der Waals surface area contributed by atoms with Crippen molar-refractivity contribution in [2.75, 3.05) is 6.61 Å². The summed E-state index contributed by atoms with van der Waals surface area (Å²) in [4.78, 5) is 25.1. The van der Waals surface area contributed by atoms with E-state index >= 15 is 0 Å². The lowest BCUT2D eigenvalue weighted by molar-refractivity contribution is -0.0341. The van der Waals surface area contributed by atoms with Crippen molar-refractivity contribution in [1.82, 2.24) is 9.55 Å². The zero-order chi connectivity index (χ0) is 13.4. The molecule has 2 atom stereocenters. The summed E-state index contributed by atoms with van der Waals surface area (Å²) >= 11 is 0. The zero-order valence-electron chi connectivity index (χ0n) is 9.95. The number of benzene rings is 1. The second-order valence-electron chi connectivity index (χ2n) is 4.31. The number of H-pyrrole nitrogens is 1. The molecule has 0 bridgehead atoms. The van der Waals surface area contributed by atoms with Crippen LogP contribution in [0, 0.1) is 0 Å². The first-order valence-electron chi connectivity index (χ1n) is 5.87. The quantitative estimate of drug-likeness (QED) is 0.804. The number of aromatic amines is 1. The summed E-state index contributed by atoms with van der Waals surface area (Å²) in [5.74, 6) is 0. The molecule has 1 aliphatic heterocycles. The maximum absolute atomic E-state index is 11.8. The lowest BCUT2D eigenvalue weighted by Gasteiger charge is -2.15. The summed E-state index contributed by atoms with van der Waals surface area (Å²) in [5.41, 5.74) is 0.681. The van der Waals surface area contributed by atoms with Crippen LogP contribution in [0.25, 0.3) is 0 Å². The largest absolute Gasteiger partial charge is 0.393 e. The van der Waals surface area contributed by atoms with E-state index in [9.17, 15) is 14.7 Å². The van der Waals surface area contributed by atoms with Gasteiger partial charge >= 0.3 is 5.69 Å². The van der Waals surface area contributed by atoms with E-state index in [1.54, 1.807) is 0 Å². The molecule has 0 radical (unpaired) electrons. The second-order valence-corrected chi connectivity index (χ2v) is 4.31. The molecular weight excluding hydrogens is 248 g/mol. The molecule has 3 rings (SSSR count). The predicted molar refractivity (Wildman–Crippen MR) is 66.8 cm³/mol. The number of hydrogen-bond donors (Lipinski definition) is 2. The number of aliphatic hydroxyl groups excluding tert-OH is 1. The molecule has 0 spiro atoms. The third-order valence-corrected chi connectivity index (χ3v) is 3.17. The van der Waals surface area contributed by atoms with Crippen molar-refractivity contribution < 1.29 is 9.84 Å². The highest BCUT2D eigenvalue weighted by Crippen LogP contribution is 2.38. The van der Waals surface area contributed by atoms with E-state index in [4.69, 9.17) is 4.74 Å². The number of nitrogens with one attached hydrogen (secondary N) is 1. The van der Waals surface area contributed by atoms with Gasteiger partial charge in [-0.15, -0.1) is 0 Å². The van der Waals surface area contributed by atoms with Gasteiger partial charge < -0.3 is 9.84 Å². The molecule has 0 fully saturated rings. The number of aliphatic hydroxyl groups is 1. The smallest absolute Gasteiger partial charge is 0.330 e. The van der Waals surface area contributed by atoms with E-state index in [1.807, 2.05) is 24.3 Å². The lowest BCUT2D eigenvalue weighted by Crippen LogP contribution is -2.31. The molecule has 0 amide bonds. The van der Waals surface area contributed by atoms with Crippen molar-refractivity contribution >= 4 is 0 Å². The van der Waals surface area contributed by atoms with E-state index in [0.717, 1.165) is 11.1 Å². The van der Waals surface area contributed by atoms with Gasteiger partial charge in [0.15, 0.2) is 6.23 Å². The van der Waals surface area contributed by atoms with Gasteiger partial charge in [0.1, 0.15) is 6.10 Å². The molecule has 0 aliphatic carbocycles. The average molecular weight is 260 g/mol. The van der Waals surface area contributed by atoms with Crippen LogP contribution in [0.1, 0.15) is 23.5 Å². The van der Waals surface area contributed by atoms with Gasteiger partial charge in [0.25, 0.3) is 5.56 Å². The van der Waals surface area contributed by atoms with Gasteiger partial charge in [-0.2, -0.15) is 0 Å². The average Bonchev–Trinajstić information content (AvgIpc) is 2.78. The van der Waals surface area contributed by atoms with Crippen molar-refractivity contribution in [3.05, 3.63) is 68.5 Å². The molecule has 0 saturated carbocycles. The normalized spacial score (nSPS) is 21.3. The minimum atomic E-state index is -0.627. The van der Waals surface area contributed by atoms with E-state index in [1.165, 1.54) is 16.8 Å². The molecule has 2 aromatic rings. The summed E-state index contributed by atoms with van der Waals surface area (Å²) < 4.78 is 6.98. The maximum atomic E-state index is 11.8. The minimum absolute atomic E-state index is 0.161. The van der Waals surface area contributed by atoms with Crippen LogP contribution in [0.15, 0.2) is 46.1 Å². The maximum Gasteiger partial charge on any atom is 0.330 e. The monoisotopic (exact) mass is 260 g/mol. The summed E-state index contributed by atoms with van der Waals surface area (Å²) in [6.45, 7) is -0.161. The Balaban J connectivity index is 2.13. The summed E-state index contributed by atoms with van der Waals surface area (Å²) in [7, 11) is 0. The van der Waals surface area contributed by atoms with Crippen LogP contribution in [0.4, 0.5) is 0 Å². The zero-order valence-corrected chi connectivity index (χ0v) is 9.95. The third-order valence-electron chi connectivity index (χ3n) is 3.17. The number of nitrogens with zero attached hydrogens (tertiary/aromatic N) is 1. The van der Waals surface area contributed by atoms with Crippen molar-refractivity contribution in [3.8, 4) is 0 Å². The minimum Gasteiger partial charge on any atom is -0.393 e. The topological polar surface area (TPSA) is 84.3 Å². The van der Waals surface area contributed by atoms with Crippen LogP contribution in [0.5, 0.6) is 0 Å². The van der Waals surface area contributed by atoms with Crippen molar-refractivity contribution in [2.45, 2.75) is 12.3 Å². The molecule has 2 heterocycles. The molecular formula is C13H12N2O4. The molecule has 98 valence electrons. The summed E-state index contributed by atoms with van der Waals surface area (Å²) in [6.07, 6.45) is 0.306. The Labute approximate surface area is 107 Å². The number of rotatable bonds is 2. The van der Waals surface area contributed by atoms with Crippen LogP contribution < -0.4 is 11.2 Å². The van der Waals surface area contributed by atoms with Gasteiger partial charge in [-0.25, -0.2) is 4.79 Å². The van der Waals surface area contributed by atoms with Gasteiger partial charge in [-0.05, 0) is 5.56 Å². The highest BCUT2D eigenvalue weighted by atomic mass is 16.5. The fourth-order valence-corrected chi connectivity index (χ4v) is 2.30. The van der Waals surface area contributed by atoms with Gasteiger partial charge in [-0.3, -0.25) is 14.3 Å². The fourth-order valence-electron chi connectivity index (χ4n) is 2.30. The van der Waals surface area contributed by atoms with E-state index in [0.29, 0.717) is 0 Å². The van der Waals surface area contributed by atoms with E-state index in [2.05, 4.69) is 4.98 Å². The number of ether oxygens (including phenoxy) is 1. The standard InChI is InChI=1S/C13H12N2O4/c16-7-10-8-3-1-2-4-9(8)12(19-10)15-6-5-11(17)14-13(15)18/h1-6,10,12,16H,7H2,(H,14,17,18)/t10-,12+/m1/s1. The highest BCUT2D eigenvalue weighted by molar-refractivity contribution is 5.34. The first-order valence-corrected chi connectivity index (χ1v) is 5.87. The van der Waals surface area contributed by atoms with E-state index in [-0.39, 0.29) is 6.61 Å². The molecule has 0 saturated heterocycles. The molecule has 19 heavy (non-hydrogen) atoms. The van der Waals surface area contributed by atoms with Gasteiger partial charge in [0, 0.05) is 17.8 Å². The lowest BCUT2D eigenvalue weighted by atomic mass is 10.0. The van der Waals surface area contributed by atoms with Crippen molar-refractivity contribution in [2.24, 2.45) is 0 Å². The highest BCUT2D eigenvalue weighted by Gasteiger charge is 2.32.